The van der Waals surface area contributed by atoms with E-state index in [1.165, 1.54) is 0 Å². The zero-order valence-corrected chi connectivity index (χ0v) is 11.6. The Hall–Kier alpha value is -1.58. The predicted molar refractivity (Wildman–Crippen MR) is 73.9 cm³/mol. The number of aromatic nitrogens is 1. The Bertz CT molecular complexity index is 398. The molecule has 4 heteroatoms. The Morgan fingerprint density at radius 2 is 2.05 bits per heavy atom. The van der Waals surface area contributed by atoms with Crippen LogP contribution in [-0.4, -0.2) is 23.0 Å². The summed E-state index contributed by atoms with van der Waals surface area (Å²) in [5.74, 6) is 0.897. The molecular formula is C15H22N2O2. The highest BCUT2D eigenvalue weighted by Crippen LogP contribution is 2.22. The van der Waals surface area contributed by atoms with Gasteiger partial charge in [0.05, 0.1) is 0 Å². The molecule has 0 saturated heterocycles. The lowest BCUT2D eigenvalue weighted by Gasteiger charge is -2.29. The number of rotatable bonds is 4. The second-order valence-corrected chi connectivity index (χ2v) is 5.42. The highest BCUT2D eigenvalue weighted by atomic mass is 16.5. The number of ether oxygens (including phenoxy) is 1. The topological polar surface area (TPSA) is 51.2 Å². The van der Waals surface area contributed by atoms with E-state index in [2.05, 4.69) is 10.3 Å². The first-order valence-corrected chi connectivity index (χ1v) is 7.03. The van der Waals surface area contributed by atoms with Crippen molar-refractivity contribution in [3.63, 3.8) is 0 Å². The van der Waals surface area contributed by atoms with Crippen molar-refractivity contribution in [3.8, 4) is 5.88 Å². The van der Waals surface area contributed by atoms with Gasteiger partial charge in [0, 0.05) is 24.2 Å². The first kappa shape index (κ1) is 13.8. The number of pyridine rings is 1. The first-order chi connectivity index (χ1) is 9.15. The minimum atomic E-state index is 0.0579. The lowest BCUT2D eigenvalue weighted by molar-refractivity contribution is -0.125. The maximum Gasteiger partial charge on any atom is 0.222 e. The molecule has 1 aromatic heterocycles. The van der Waals surface area contributed by atoms with E-state index >= 15 is 0 Å². The molecule has 1 aliphatic carbocycles. The molecule has 1 heterocycles. The average molecular weight is 262 g/mol. The van der Waals surface area contributed by atoms with Crippen molar-refractivity contribution in [2.45, 2.75) is 51.7 Å². The van der Waals surface area contributed by atoms with E-state index in [-0.39, 0.29) is 17.9 Å². The maximum atomic E-state index is 11.6. The summed E-state index contributed by atoms with van der Waals surface area (Å²) in [6.07, 6.45) is 5.87. The van der Waals surface area contributed by atoms with Gasteiger partial charge in [0.25, 0.3) is 0 Å². The van der Waals surface area contributed by atoms with E-state index in [0.29, 0.717) is 11.9 Å². The maximum absolute atomic E-state index is 11.6. The standard InChI is InChI=1S/C15H22N2O2/c1-11(2)15(18)17-12-6-8-13(9-7-12)19-14-5-3-4-10-16-14/h3-5,10-13H,6-9H2,1-2H3,(H,17,18). The number of hydrogen-bond donors (Lipinski definition) is 1. The van der Waals surface area contributed by atoms with Crippen LogP contribution in [0.15, 0.2) is 24.4 Å². The molecule has 19 heavy (non-hydrogen) atoms. The summed E-state index contributed by atoms with van der Waals surface area (Å²) >= 11 is 0. The van der Waals surface area contributed by atoms with Gasteiger partial charge in [0.15, 0.2) is 0 Å². The van der Waals surface area contributed by atoms with Crippen LogP contribution in [0.5, 0.6) is 5.88 Å². The molecule has 0 radical (unpaired) electrons. The number of carbonyl (C=O) groups excluding carboxylic acids is 1. The Kier molecular flexibility index (Phi) is 4.77. The van der Waals surface area contributed by atoms with Crippen LogP contribution in [-0.2, 0) is 4.79 Å². The Morgan fingerprint density at radius 3 is 2.63 bits per heavy atom. The van der Waals surface area contributed by atoms with E-state index in [1.54, 1.807) is 6.20 Å². The molecule has 0 aromatic carbocycles. The van der Waals surface area contributed by atoms with Gasteiger partial charge in [-0.25, -0.2) is 4.98 Å². The van der Waals surface area contributed by atoms with Crippen molar-refractivity contribution in [1.82, 2.24) is 10.3 Å². The van der Waals surface area contributed by atoms with Gasteiger partial charge in [-0.05, 0) is 31.7 Å². The smallest absolute Gasteiger partial charge is 0.222 e. The van der Waals surface area contributed by atoms with Crippen molar-refractivity contribution >= 4 is 5.91 Å². The molecule has 104 valence electrons. The fourth-order valence-corrected chi connectivity index (χ4v) is 2.28. The third-order valence-corrected chi connectivity index (χ3v) is 3.47. The number of carbonyl (C=O) groups is 1. The molecule has 0 unspecified atom stereocenters. The number of hydrogen-bond acceptors (Lipinski definition) is 3. The van der Waals surface area contributed by atoms with Gasteiger partial charge in [-0.1, -0.05) is 19.9 Å². The molecule has 0 bridgehead atoms. The summed E-state index contributed by atoms with van der Waals surface area (Å²) in [5.41, 5.74) is 0. The Balaban J connectivity index is 1.75. The number of nitrogens with zero attached hydrogens (tertiary/aromatic N) is 1. The van der Waals surface area contributed by atoms with Crippen molar-refractivity contribution in [1.29, 1.82) is 0 Å². The molecule has 1 saturated carbocycles. The van der Waals surface area contributed by atoms with Crippen molar-refractivity contribution < 1.29 is 9.53 Å². The monoisotopic (exact) mass is 262 g/mol. The number of nitrogens with one attached hydrogen (secondary N) is 1. The number of amides is 1. The summed E-state index contributed by atoms with van der Waals surface area (Å²) in [6.45, 7) is 3.84. The summed E-state index contributed by atoms with van der Waals surface area (Å²) < 4.78 is 5.83. The fourth-order valence-electron chi connectivity index (χ4n) is 2.28. The predicted octanol–water partition coefficient (Wildman–Crippen LogP) is 2.54. The fraction of sp³-hybridized carbons (Fsp3) is 0.600. The van der Waals surface area contributed by atoms with Gasteiger partial charge >= 0.3 is 0 Å². The first-order valence-electron chi connectivity index (χ1n) is 7.03. The van der Waals surface area contributed by atoms with Crippen LogP contribution >= 0.6 is 0 Å². The summed E-state index contributed by atoms with van der Waals surface area (Å²) in [6, 6.07) is 5.99. The molecule has 0 aliphatic heterocycles. The van der Waals surface area contributed by atoms with Gasteiger partial charge in [-0.2, -0.15) is 0 Å². The Morgan fingerprint density at radius 1 is 1.32 bits per heavy atom. The van der Waals surface area contributed by atoms with Crippen LogP contribution in [0.3, 0.4) is 0 Å². The molecule has 0 atom stereocenters. The zero-order chi connectivity index (χ0) is 13.7. The molecule has 1 aliphatic rings. The lowest BCUT2D eigenvalue weighted by Crippen LogP contribution is -2.41. The molecule has 4 nitrogen and oxygen atoms in total. The summed E-state index contributed by atoms with van der Waals surface area (Å²) in [5, 5.41) is 3.09. The quantitative estimate of drug-likeness (QED) is 0.907. The van der Waals surface area contributed by atoms with Crippen LogP contribution in [0.25, 0.3) is 0 Å². The van der Waals surface area contributed by atoms with Gasteiger partial charge in [-0.15, -0.1) is 0 Å². The third kappa shape index (κ3) is 4.23. The van der Waals surface area contributed by atoms with Crippen molar-refractivity contribution in [2.75, 3.05) is 0 Å². The SMILES string of the molecule is CC(C)C(=O)NC1CCC(Oc2ccccn2)CC1. The molecule has 1 aromatic rings. The van der Waals surface area contributed by atoms with Crippen LogP contribution in [0.4, 0.5) is 0 Å². The van der Waals surface area contributed by atoms with Gasteiger partial charge in [0.2, 0.25) is 11.8 Å². The molecule has 0 spiro atoms. The van der Waals surface area contributed by atoms with Crippen LogP contribution < -0.4 is 10.1 Å². The van der Waals surface area contributed by atoms with E-state index in [1.807, 2.05) is 32.0 Å². The van der Waals surface area contributed by atoms with E-state index in [4.69, 9.17) is 4.74 Å². The molecule has 1 fully saturated rings. The average Bonchev–Trinajstić information content (AvgIpc) is 2.42. The van der Waals surface area contributed by atoms with Crippen LogP contribution in [0, 0.1) is 5.92 Å². The highest BCUT2D eigenvalue weighted by molar-refractivity contribution is 5.78. The normalized spacial score (nSPS) is 23.1. The largest absolute Gasteiger partial charge is 0.474 e. The van der Waals surface area contributed by atoms with Crippen LogP contribution in [0.1, 0.15) is 39.5 Å². The molecular weight excluding hydrogens is 240 g/mol. The second-order valence-electron chi connectivity index (χ2n) is 5.42. The van der Waals surface area contributed by atoms with Crippen molar-refractivity contribution in [2.24, 2.45) is 5.92 Å². The highest BCUT2D eigenvalue weighted by Gasteiger charge is 2.24. The summed E-state index contributed by atoms with van der Waals surface area (Å²) in [7, 11) is 0. The van der Waals surface area contributed by atoms with E-state index in [9.17, 15) is 4.79 Å². The minimum absolute atomic E-state index is 0.0579. The Labute approximate surface area is 114 Å². The minimum Gasteiger partial charge on any atom is -0.474 e. The van der Waals surface area contributed by atoms with Crippen LogP contribution in [0.2, 0.25) is 0 Å². The van der Waals surface area contributed by atoms with Gasteiger partial charge < -0.3 is 10.1 Å². The van der Waals surface area contributed by atoms with E-state index in [0.717, 1.165) is 25.7 Å². The van der Waals surface area contributed by atoms with Crippen molar-refractivity contribution in [3.05, 3.63) is 24.4 Å². The zero-order valence-electron chi connectivity index (χ0n) is 11.6. The second kappa shape index (κ2) is 6.55. The molecule has 2 rings (SSSR count). The summed E-state index contributed by atoms with van der Waals surface area (Å²) in [4.78, 5) is 15.8. The van der Waals surface area contributed by atoms with Gasteiger partial charge in [0.1, 0.15) is 6.10 Å². The lowest BCUT2D eigenvalue weighted by atomic mass is 9.92. The van der Waals surface area contributed by atoms with Gasteiger partial charge in [-0.3, -0.25) is 4.79 Å². The molecule has 1 amide bonds. The molecule has 1 N–H and O–H groups in total. The van der Waals surface area contributed by atoms with E-state index < -0.39 is 0 Å². The third-order valence-electron chi connectivity index (χ3n) is 3.47.